The molecule has 0 spiro atoms. The molecule has 0 radical (unpaired) electrons. The van der Waals surface area contributed by atoms with Gasteiger partial charge in [0.1, 0.15) is 0 Å². The van der Waals surface area contributed by atoms with E-state index in [4.69, 9.17) is 0 Å². The first-order valence-corrected chi connectivity index (χ1v) is 5.78. The van der Waals surface area contributed by atoms with Crippen molar-refractivity contribution in [3.8, 4) is 0 Å². The van der Waals surface area contributed by atoms with Gasteiger partial charge in [0.15, 0.2) is 0 Å². The molecule has 1 N–H and O–H groups in total. The summed E-state index contributed by atoms with van der Waals surface area (Å²) in [6.07, 6.45) is 1.32. The van der Waals surface area contributed by atoms with Crippen LogP contribution in [0.1, 0.15) is 37.0 Å². The average molecular weight is 203 g/mol. The van der Waals surface area contributed by atoms with Crippen molar-refractivity contribution in [2.24, 2.45) is 5.41 Å². The van der Waals surface area contributed by atoms with Crippen LogP contribution in [0.15, 0.2) is 18.2 Å². The van der Waals surface area contributed by atoms with E-state index in [1.54, 1.807) is 0 Å². The first-order valence-electron chi connectivity index (χ1n) is 5.78. The van der Waals surface area contributed by atoms with Gasteiger partial charge in [-0.25, -0.2) is 0 Å². The summed E-state index contributed by atoms with van der Waals surface area (Å²) < 4.78 is 0. The molecule has 1 nitrogen and oxygen atoms in total. The second-order valence-corrected chi connectivity index (χ2v) is 5.54. The summed E-state index contributed by atoms with van der Waals surface area (Å²) in [6.45, 7) is 10.0. The fourth-order valence-corrected chi connectivity index (χ4v) is 1.97. The second kappa shape index (κ2) is 3.64. The molecule has 1 aliphatic carbocycles. The van der Waals surface area contributed by atoms with Gasteiger partial charge in [-0.2, -0.15) is 0 Å². The summed E-state index contributed by atoms with van der Waals surface area (Å²) >= 11 is 0. The van der Waals surface area contributed by atoms with Crippen molar-refractivity contribution in [1.29, 1.82) is 0 Å². The molecule has 1 fully saturated rings. The molecular formula is C14H21N. The van der Waals surface area contributed by atoms with E-state index in [1.165, 1.54) is 23.1 Å². The molecule has 1 heteroatoms. The Kier molecular flexibility index (Phi) is 2.59. The van der Waals surface area contributed by atoms with Crippen molar-refractivity contribution in [3.63, 3.8) is 0 Å². The number of nitrogens with one attached hydrogen (secondary N) is 1. The Labute approximate surface area is 92.9 Å². The van der Waals surface area contributed by atoms with Gasteiger partial charge in [0.25, 0.3) is 0 Å². The molecule has 1 aliphatic rings. The maximum absolute atomic E-state index is 3.61. The van der Waals surface area contributed by atoms with Crippen LogP contribution < -0.4 is 5.32 Å². The Hall–Kier alpha value is -0.820. The number of benzene rings is 1. The van der Waals surface area contributed by atoms with Gasteiger partial charge in [0.2, 0.25) is 0 Å². The molecule has 82 valence electrons. The normalized spacial score (nSPS) is 22.8. The largest absolute Gasteiger partial charge is 0.309 e. The number of hydrogen-bond acceptors (Lipinski definition) is 1. The van der Waals surface area contributed by atoms with Crippen molar-refractivity contribution in [2.75, 3.05) is 0 Å². The van der Waals surface area contributed by atoms with E-state index in [9.17, 15) is 0 Å². The van der Waals surface area contributed by atoms with E-state index in [-0.39, 0.29) is 0 Å². The van der Waals surface area contributed by atoms with Gasteiger partial charge in [0, 0.05) is 12.6 Å². The van der Waals surface area contributed by atoms with Gasteiger partial charge in [-0.1, -0.05) is 32.0 Å². The highest BCUT2D eigenvalue weighted by atomic mass is 15.0. The van der Waals surface area contributed by atoms with E-state index in [1.807, 2.05) is 0 Å². The summed E-state index contributed by atoms with van der Waals surface area (Å²) in [6, 6.07) is 7.45. The Bertz CT molecular complexity index is 366. The SMILES string of the molecule is Cc1ccc(CNC2CC2(C)C)cc1C. The quantitative estimate of drug-likeness (QED) is 0.795. The van der Waals surface area contributed by atoms with Gasteiger partial charge in [-0.3, -0.25) is 0 Å². The maximum atomic E-state index is 3.61. The zero-order valence-corrected chi connectivity index (χ0v) is 10.2. The number of rotatable bonds is 3. The highest BCUT2D eigenvalue weighted by molar-refractivity contribution is 5.30. The third kappa shape index (κ3) is 2.40. The monoisotopic (exact) mass is 203 g/mol. The molecule has 1 atom stereocenters. The van der Waals surface area contributed by atoms with Crippen LogP contribution in [0.3, 0.4) is 0 Å². The van der Waals surface area contributed by atoms with Crippen LogP contribution in [0.2, 0.25) is 0 Å². The lowest BCUT2D eigenvalue weighted by Gasteiger charge is -2.08. The number of hydrogen-bond donors (Lipinski definition) is 1. The Morgan fingerprint density at radius 3 is 2.47 bits per heavy atom. The van der Waals surface area contributed by atoms with Crippen LogP contribution in [0.5, 0.6) is 0 Å². The Morgan fingerprint density at radius 1 is 1.27 bits per heavy atom. The van der Waals surface area contributed by atoms with Crippen molar-refractivity contribution in [2.45, 2.75) is 46.7 Å². The van der Waals surface area contributed by atoms with Crippen molar-refractivity contribution in [3.05, 3.63) is 34.9 Å². The topological polar surface area (TPSA) is 12.0 Å². The van der Waals surface area contributed by atoms with Crippen LogP contribution in [0.25, 0.3) is 0 Å². The molecule has 1 saturated carbocycles. The lowest BCUT2D eigenvalue weighted by Crippen LogP contribution is -2.19. The fraction of sp³-hybridized carbons (Fsp3) is 0.571. The summed E-state index contributed by atoms with van der Waals surface area (Å²) in [4.78, 5) is 0. The second-order valence-electron chi connectivity index (χ2n) is 5.54. The van der Waals surface area contributed by atoms with Gasteiger partial charge < -0.3 is 5.32 Å². The van der Waals surface area contributed by atoms with Crippen molar-refractivity contribution >= 4 is 0 Å². The summed E-state index contributed by atoms with van der Waals surface area (Å²) in [5.74, 6) is 0. The third-order valence-electron chi connectivity index (χ3n) is 3.64. The van der Waals surface area contributed by atoms with E-state index < -0.39 is 0 Å². The van der Waals surface area contributed by atoms with Crippen LogP contribution in [-0.4, -0.2) is 6.04 Å². The highest BCUT2D eigenvalue weighted by Gasteiger charge is 2.44. The summed E-state index contributed by atoms with van der Waals surface area (Å²) in [5.41, 5.74) is 4.70. The highest BCUT2D eigenvalue weighted by Crippen LogP contribution is 2.44. The molecular weight excluding hydrogens is 182 g/mol. The zero-order valence-electron chi connectivity index (χ0n) is 10.2. The minimum absolute atomic E-state index is 0.528. The molecule has 2 rings (SSSR count). The number of aryl methyl sites for hydroxylation is 2. The smallest absolute Gasteiger partial charge is 0.0208 e. The minimum atomic E-state index is 0.528. The predicted molar refractivity (Wildman–Crippen MR) is 64.9 cm³/mol. The van der Waals surface area contributed by atoms with Gasteiger partial charge in [0.05, 0.1) is 0 Å². The summed E-state index contributed by atoms with van der Waals surface area (Å²) in [5, 5.41) is 3.61. The molecule has 1 unspecified atom stereocenters. The average Bonchev–Trinajstić information content (AvgIpc) is 2.77. The molecule has 1 aromatic rings. The molecule has 1 aromatic carbocycles. The molecule has 15 heavy (non-hydrogen) atoms. The van der Waals surface area contributed by atoms with E-state index in [2.05, 4.69) is 51.2 Å². The maximum Gasteiger partial charge on any atom is 0.0208 e. The molecule has 0 bridgehead atoms. The molecule has 0 aromatic heterocycles. The van der Waals surface area contributed by atoms with E-state index >= 15 is 0 Å². The third-order valence-corrected chi connectivity index (χ3v) is 3.64. The lowest BCUT2D eigenvalue weighted by atomic mass is 10.1. The first kappa shape index (κ1) is 10.7. The lowest BCUT2D eigenvalue weighted by molar-refractivity contribution is 0.542. The Morgan fingerprint density at radius 2 is 1.93 bits per heavy atom. The van der Waals surface area contributed by atoms with Gasteiger partial charge >= 0.3 is 0 Å². The van der Waals surface area contributed by atoms with Crippen molar-refractivity contribution < 1.29 is 0 Å². The molecule has 0 amide bonds. The first-order chi connectivity index (χ1) is 6.99. The standard InChI is InChI=1S/C14H21N/c1-10-5-6-12(7-11(10)2)9-15-13-8-14(13,3)4/h5-7,13,15H,8-9H2,1-4H3. The van der Waals surface area contributed by atoms with Crippen LogP contribution in [0, 0.1) is 19.3 Å². The van der Waals surface area contributed by atoms with Gasteiger partial charge in [-0.05, 0) is 42.4 Å². The van der Waals surface area contributed by atoms with E-state index in [0.29, 0.717) is 5.41 Å². The summed E-state index contributed by atoms with van der Waals surface area (Å²) in [7, 11) is 0. The van der Waals surface area contributed by atoms with E-state index in [0.717, 1.165) is 12.6 Å². The Balaban J connectivity index is 1.92. The zero-order chi connectivity index (χ0) is 11.1. The van der Waals surface area contributed by atoms with Crippen LogP contribution >= 0.6 is 0 Å². The van der Waals surface area contributed by atoms with Crippen LogP contribution in [-0.2, 0) is 6.54 Å². The fourth-order valence-electron chi connectivity index (χ4n) is 1.97. The molecule has 0 heterocycles. The molecule has 0 aliphatic heterocycles. The van der Waals surface area contributed by atoms with Gasteiger partial charge in [-0.15, -0.1) is 0 Å². The van der Waals surface area contributed by atoms with Crippen molar-refractivity contribution in [1.82, 2.24) is 5.32 Å². The molecule has 0 saturated heterocycles. The predicted octanol–water partition coefficient (Wildman–Crippen LogP) is 3.19. The minimum Gasteiger partial charge on any atom is -0.309 e. The van der Waals surface area contributed by atoms with Crippen LogP contribution in [0.4, 0.5) is 0 Å².